The number of carbonyl (C=O) groups is 1. The van der Waals surface area contributed by atoms with Crippen LogP contribution in [0, 0.1) is 18.3 Å². The van der Waals surface area contributed by atoms with Gasteiger partial charge in [-0.15, -0.1) is 0 Å². The minimum atomic E-state index is -0.269. The molecule has 0 bridgehead atoms. The molecule has 2 saturated heterocycles. The largest absolute Gasteiger partial charge is 0.378 e. The summed E-state index contributed by atoms with van der Waals surface area (Å²) in [5.74, 6) is 0.669. The van der Waals surface area contributed by atoms with Gasteiger partial charge in [0.25, 0.3) is 11.5 Å². The predicted molar refractivity (Wildman–Crippen MR) is 137 cm³/mol. The lowest BCUT2D eigenvalue weighted by Crippen LogP contribution is -2.41. The van der Waals surface area contributed by atoms with E-state index in [1.165, 1.54) is 11.8 Å². The van der Waals surface area contributed by atoms with Crippen LogP contribution in [0.1, 0.15) is 62.6 Å². The molecule has 33 heavy (non-hydrogen) atoms. The third-order valence-corrected chi connectivity index (χ3v) is 7.40. The number of hydrogen-bond acceptors (Lipinski definition) is 7. The zero-order chi connectivity index (χ0) is 24.0. The highest BCUT2D eigenvalue weighted by molar-refractivity contribution is 8.26. The molecule has 1 aromatic heterocycles. The van der Waals surface area contributed by atoms with Gasteiger partial charge in [-0.2, -0.15) is 5.26 Å². The van der Waals surface area contributed by atoms with Gasteiger partial charge in [-0.3, -0.25) is 19.1 Å². The highest BCUT2D eigenvalue weighted by atomic mass is 32.2. The molecule has 3 heterocycles. The Morgan fingerprint density at radius 1 is 1.12 bits per heavy atom. The molecule has 9 heteroatoms. The Labute approximate surface area is 205 Å². The summed E-state index contributed by atoms with van der Waals surface area (Å²) in [6.45, 7) is 9.57. The Morgan fingerprint density at radius 3 is 2.45 bits per heavy atom. The van der Waals surface area contributed by atoms with E-state index in [1.54, 1.807) is 16.4 Å². The number of thioether (sulfide) groups is 1. The molecule has 0 spiro atoms. The molecule has 0 N–H and O–H groups in total. The molecule has 0 unspecified atom stereocenters. The van der Waals surface area contributed by atoms with Gasteiger partial charge >= 0.3 is 0 Å². The van der Waals surface area contributed by atoms with Crippen LogP contribution in [0.15, 0.2) is 9.70 Å². The molecule has 0 saturated carbocycles. The van der Waals surface area contributed by atoms with Gasteiger partial charge in [0.15, 0.2) is 0 Å². The molecule has 0 aromatic carbocycles. The van der Waals surface area contributed by atoms with Crippen molar-refractivity contribution in [2.24, 2.45) is 0 Å². The Kier molecular flexibility index (Phi) is 9.12. The molecule has 2 aliphatic heterocycles. The fourth-order valence-corrected chi connectivity index (χ4v) is 5.42. The standard InChI is InChI=1S/C24H32N4O3S2/c1-4-6-8-10-28-23(30)20(33-24(28)32)15-18-17(3)19(16-25)22(29)27(9-7-5-2)21(18)26-11-13-31-14-12-26/h15H,4-14H2,1-3H3. The average Bonchev–Trinajstić information content (AvgIpc) is 3.08. The smallest absolute Gasteiger partial charge is 0.270 e. The summed E-state index contributed by atoms with van der Waals surface area (Å²) in [4.78, 5) is 30.8. The van der Waals surface area contributed by atoms with Crippen molar-refractivity contribution in [3.63, 3.8) is 0 Å². The maximum atomic E-state index is 13.3. The molecule has 178 valence electrons. The van der Waals surface area contributed by atoms with Gasteiger partial charge < -0.3 is 9.64 Å². The van der Waals surface area contributed by atoms with Crippen LogP contribution in [0.2, 0.25) is 0 Å². The van der Waals surface area contributed by atoms with Crippen molar-refractivity contribution in [2.45, 2.75) is 59.4 Å². The Bertz CT molecular complexity index is 1040. The number of morpholine rings is 1. The molecule has 0 atom stereocenters. The number of hydrogen-bond donors (Lipinski definition) is 0. The number of anilines is 1. The first-order valence-corrected chi connectivity index (χ1v) is 12.9. The second-order valence-corrected chi connectivity index (χ2v) is 9.98. The summed E-state index contributed by atoms with van der Waals surface area (Å²) in [6, 6.07) is 2.11. The van der Waals surface area contributed by atoms with Gasteiger partial charge in [0.05, 0.1) is 18.1 Å². The fraction of sp³-hybridized carbons (Fsp3) is 0.583. The molecule has 1 aromatic rings. The van der Waals surface area contributed by atoms with Gasteiger partial charge in [0.1, 0.15) is 21.8 Å². The van der Waals surface area contributed by atoms with Crippen molar-refractivity contribution in [2.75, 3.05) is 37.7 Å². The van der Waals surface area contributed by atoms with Crippen LogP contribution in [0.4, 0.5) is 5.82 Å². The van der Waals surface area contributed by atoms with E-state index >= 15 is 0 Å². The summed E-state index contributed by atoms with van der Waals surface area (Å²) >= 11 is 6.79. The second kappa shape index (κ2) is 11.8. The molecule has 2 fully saturated rings. The highest BCUT2D eigenvalue weighted by Crippen LogP contribution is 2.36. The number of nitriles is 1. The third-order valence-electron chi connectivity index (χ3n) is 6.03. The molecule has 7 nitrogen and oxygen atoms in total. The lowest BCUT2D eigenvalue weighted by atomic mass is 10.0. The normalized spacial score (nSPS) is 17.8. The average molecular weight is 489 g/mol. The Balaban J connectivity index is 2.13. The minimum absolute atomic E-state index is 0.0988. The lowest BCUT2D eigenvalue weighted by molar-refractivity contribution is -0.122. The van der Waals surface area contributed by atoms with E-state index in [0.29, 0.717) is 54.2 Å². The van der Waals surface area contributed by atoms with Crippen LogP contribution in [0.25, 0.3) is 6.08 Å². The number of ether oxygens (including phenoxy) is 1. The van der Waals surface area contributed by atoms with E-state index in [0.717, 1.165) is 43.5 Å². The number of amides is 1. The predicted octanol–water partition coefficient (Wildman–Crippen LogP) is 4.06. The van der Waals surface area contributed by atoms with Gasteiger partial charge in [-0.05, 0) is 31.4 Å². The van der Waals surface area contributed by atoms with Crippen molar-refractivity contribution in [1.29, 1.82) is 5.26 Å². The first-order valence-electron chi connectivity index (χ1n) is 11.7. The molecule has 0 radical (unpaired) electrons. The maximum Gasteiger partial charge on any atom is 0.270 e. The monoisotopic (exact) mass is 488 g/mol. The van der Waals surface area contributed by atoms with Crippen LogP contribution < -0.4 is 10.5 Å². The third kappa shape index (κ3) is 5.51. The number of unbranched alkanes of at least 4 members (excludes halogenated alkanes) is 3. The van der Waals surface area contributed by atoms with Crippen molar-refractivity contribution in [1.82, 2.24) is 9.47 Å². The van der Waals surface area contributed by atoms with Gasteiger partial charge in [-0.25, -0.2) is 0 Å². The molecular weight excluding hydrogens is 456 g/mol. The zero-order valence-corrected chi connectivity index (χ0v) is 21.3. The van der Waals surface area contributed by atoms with Crippen LogP contribution in [0.5, 0.6) is 0 Å². The zero-order valence-electron chi connectivity index (χ0n) is 19.7. The molecule has 3 rings (SSSR count). The van der Waals surface area contributed by atoms with Crippen LogP contribution in [-0.2, 0) is 16.1 Å². The number of aromatic nitrogens is 1. The Morgan fingerprint density at radius 2 is 1.82 bits per heavy atom. The first kappa shape index (κ1) is 25.5. The molecule has 0 aliphatic carbocycles. The van der Waals surface area contributed by atoms with Crippen LogP contribution >= 0.6 is 24.0 Å². The number of thiocarbonyl (C=S) groups is 1. The van der Waals surface area contributed by atoms with E-state index in [2.05, 4.69) is 24.8 Å². The van der Waals surface area contributed by atoms with Crippen molar-refractivity contribution in [3.8, 4) is 6.07 Å². The number of nitrogens with zero attached hydrogens (tertiary/aromatic N) is 4. The summed E-state index contributed by atoms with van der Waals surface area (Å²) in [5.41, 5.74) is 1.22. The van der Waals surface area contributed by atoms with Gasteiger partial charge in [0, 0.05) is 31.7 Å². The summed E-state index contributed by atoms with van der Waals surface area (Å²) < 4.78 is 7.81. The van der Waals surface area contributed by atoms with Gasteiger partial charge in [-0.1, -0.05) is 57.1 Å². The van der Waals surface area contributed by atoms with E-state index in [4.69, 9.17) is 17.0 Å². The summed E-state index contributed by atoms with van der Waals surface area (Å²) in [5, 5.41) is 9.77. The lowest BCUT2D eigenvalue weighted by Gasteiger charge is -2.33. The number of pyridine rings is 1. The van der Waals surface area contributed by atoms with Crippen LogP contribution in [0.3, 0.4) is 0 Å². The van der Waals surface area contributed by atoms with E-state index in [1.807, 2.05) is 6.08 Å². The SMILES string of the molecule is CCCCCN1C(=O)C(=Cc2c(C)c(C#N)c(=O)n(CCCC)c2N2CCOCC2)SC1=S. The first-order chi connectivity index (χ1) is 15.9. The Hall–Kier alpha value is -2.15. The van der Waals surface area contributed by atoms with Gasteiger partial charge in [0.2, 0.25) is 0 Å². The van der Waals surface area contributed by atoms with Crippen LogP contribution in [-0.4, -0.2) is 52.5 Å². The van der Waals surface area contributed by atoms with E-state index in [9.17, 15) is 14.9 Å². The fourth-order valence-electron chi connectivity index (χ4n) is 4.13. The van der Waals surface area contributed by atoms with Crippen molar-refractivity contribution in [3.05, 3.63) is 31.9 Å². The minimum Gasteiger partial charge on any atom is -0.378 e. The second-order valence-electron chi connectivity index (χ2n) is 8.30. The topological polar surface area (TPSA) is 78.6 Å². The van der Waals surface area contributed by atoms with Crippen molar-refractivity contribution < 1.29 is 9.53 Å². The molecular formula is C24H32N4O3S2. The quantitative estimate of drug-likeness (QED) is 0.295. The van der Waals surface area contributed by atoms with Crippen molar-refractivity contribution >= 4 is 46.1 Å². The van der Waals surface area contributed by atoms with E-state index < -0.39 is 0 Å². The molecule has 2 aliphatic rings. The maximum absolute atomic E-state index is 13.3. The highest BCUT2D eigenvalue weighted by Gasteiger charge is 2.33. The summed E-state index contributed by atoms with van der Waals surface area (Å²) in [6.07, 6.45) is 6.62. The summed E-state index contributed by atoms with van der Waals surface area (Å²) in [7, 11) is 0. The molecule has 1 amide bonds. The van der Waals surface area contributed by atoms with E-state index in [-0.39, 0.29) is 17.0 Å². The number of carbonyl (C=O) groups excluding carboxylic acids is 1. The number of rotatable bonds is 9.